The molecular weight excluding hydrogens is 428 g/mol. The van der Waals surface area contributed by atoms with Gasteiger partial charge in [-0.25, -0.2) is 8.42 Å². The molecule has 4 rings (SSSR count). The van der Waals surface area contributed by atoms with Gasteiger partial charge in [-0.1, -0.05) is 35.9 Å². The summed E-state index contributed by atoms with van der Waals surface area (Å²) in [7, 11) is -4.03. The van der Waals surface area contributed by atoms with Crippen LogP contribution in [0.1, 0.15) is 20.8 Å². The van der Waals surface area contributed by atoms with Gasteiger partial charge >= 0.3 is 0 Å². The molecule has 0 saturated carbocycles. The molecule has 0 saturated heterocycles. The molecule has 0 bridgehead atoms. The molecule has 2 aromatic carbocycles. The van der Waals surface area contributed by atoms with Crippen molar-refractivity contribution in [1.82, 2.24) is 0 Å². The number of nitrogens with zero attached hydrogens (tertiary/aromatic N) is 1. The lowest BCUT2D eigenvalue weighted by Crippen LogP contribution is -2.38. The molecule has 1 aromatic heterocycles. The van der Waals surface area contributed by atoms with Crippen LogP contribution in [0.3, 0.4) is 0 Å². The Labute approximate surface area is 178 Å². The van der Waals surface area contributed by atoms with E-state index in [9.17, 15) is 13.2 Å². The van der Waals surface area contributed by atoms with Crippen LogP contribution in [0.15, 0.2) is 71.1 Å². The molecule has 29 heavy (non-hydrogen) atoms. The van der Waals surface area contributed by atoms with Gasteiger partial charge < -0.3 is 5.32 Å². The van der Waals surface area contributed by atoms with Gasteiger partial charge in [-0.2, -0.15) is 0 Å². The fraction of sp³-hybridized carbons (Fsp3) is 0.0952. The lowest BCUT2D eigenvalue weighted by atomic mass is 10.2. The molecule has 1 aliphatic rings. The standard InChI is InChI=1S/C21H17ClN2O3S2/c1-14-3-2-4-17(11-14)23-12-19-20(25)21-18(9-10-28-21)24(29(19,26)27)13-15-5-7-16(22)8-6-15/h2-12,23H,13H2,1H3/b19-12-. The summed E-state index contributed by atoms with van der Waals surface area (Å²) in [6.07, 6.45) is 1.28. The summed E-state index contributed by atoms with van der Waals surface area (Å²) in [5.41, 5.74) is 2.91. The normalized spacial score (nSPS) is 16.7. The largest absolute Gasteiger partial charge is 0.360 e. The summed E-state index contributed by atoms with van der Waals surface area (Å²) in [5.74, 6) is -0.498. The number of anilines is 2. The van der Waals surface area contributed by atoms with E-state index in [-0.39, 0.29) is 11.4 Å². The van der Waals surface area contributed by atoms with Crippen molar-refractivity contribution >= 4 is 50.1 Å². The fourth-order valence-corrected chi connectivity index (χ4v) is 5.70. The van der Waals surface area contributed by atoms with Gasteiger partial charge in [0.05, 0.1) is 12.2 Å². The first-order chi connectivity index (χ1) is 13.9. The third kappa shape index (κ3) is 3.81. The van der Waals surface area contributed by atoms with Gasteiger partial charge in [-0.15, -0.1) is 11.3 Å². The van der Waals surface area contributed by atoms with E-state index in [0.29, 0.717) is 21.3 Å². The molecule has 2 heterocycles. The van der Waals surface area contributed by atoms with Gasteiger partial charge in [0.15, 0.2) is 4.91 Å². The molecule has 0 aliphatic carbocycles. The lowest BCUT2D eigenvalue weighted by Gasteiger charge is -2.29. The Morgan fingerprint density at radius 2 is 1.90 bits per heavy atom. The van der Waals surface area contributed by atoms with E-state index in [4.69, 9.17) is 11.6 Å². The minimum absolute atomic E-state index is 0.109. The molecule has 8 heteroatoms. The van der Waals surface area contributed by atoms with Crippen molar-refractivity contribution in [2.45, 2.75) is 13.5 Å². The number of hydrogen-bond acceptors (Lipinski definition) is 5. The molecule has 0 atom stereocenters. The number of Topliss-reactive ketones (excluding diaryl/α,β-unsaturated/α-hetero) is 1. The zero-order valence-corrected chi connectivity index (χ0v) is 17.8. The number of sulfonamides is 1. The number of ketones is 1. The molecule has 1 aliphatic heterocycles. The Hall–Kier alpha value is -2.61. The van der Waals surface area contributed by atoms with Crippen LogP contribution in [-0.4, -0.2) is 14.2 Å². The average molecular weight is 445 g/mol. The summed E-state index contributed by atoms with van der Waals surface area (Å²) in [6, 6.07) is 16.1. The molecular formula is C21H17ClN2O3S2. The molecule has 5 nitrogen and oxygen atoms in total. The third-order valence-corrected chi connectivity index (χ3v) is 7.46. The van der Waals surface area contributed by atoms with Gasteiger partial charge in [-0.05, 0) is 53.8 Å². The summed E-state index contributed by atoms with van der Waals surface area (Å²) in [6.45, 7) is 2.05. The Kier molecular flexibility index (Phi) is 5.21. The average Bonchev–Trinajstić information content (AvgIpc) is 3.16. The van der Waals surface area contributed by atoms with Gasteiger partial charge in [-0.3, -0.25) is 9.10 Å². The minimum atomic E-state index is -4.03. The van der Waals surface area contributed by atoms with Crippen molar-refractivity contribution in [3.8, 4) is 0 Å². The molecule has 148 valence electrons. The van der Waals surface area contributed by atoms with Crippen LogP contribution in [0.25, 0.3) is 0 Å². The number of rotatable bonds is 4. The summed E-state index contributed by atoms with van der Waals surface area (Å²) in [4.78, 5) is 13.0. The number of benzene rings is 2. The van der Waals surface area contributed by atoms with Crippen LogP contribution in [0, 0.1) is 6.92 Å². The first kappa shape index (κ1) is 19.7. The third-order valence-electron chi connectivity index (χ3n) is 4.54. The van der Waals surface area contributed by atoms with Crippen LogP contribution < -0.4 is 9.62 Å². The quantitative estimate of drug-likeness (QED) is 0.562. The number of aryl methyl sites for hydroxylation is 1. The predicted molar refractivity (Wildman–Crippen MR) is 118 cm³/mol. The lowest BCUT2D eigenvalue weighted by molar-refractivity contribution is 0.104. The SMILES string of the molecule is Cc1cccc(N/C=C2/C(=O)c3sccc3N(Cc3ccc(Cl)cc3)S2(=O)=O)c1. The van der Waals surface area contributed by atoms with Crippen molar-refractivity contribution < 1.29 is 13.2 Å². The highest BCUT2D eigenvalue weighted by atomic mass is 35.5. The van der Waals surface area contributed by atoms with E-state index in [1.54, 1.807) is 35.7 Å². The Bertz CT molecular complexity index is 1210. The first-order valence-corrected chi connectivity index (χ1v) is 11.5. The van der Waals surface area contributed by atoms with Gasteiger partial charge in [0, 0.05) is 16.9 Å². The molecule has 0 amide bonds. The second kappa shape index (κ2) is 7.67. The number of allylic oxidation sites excluding steroid dienone is 1. The number of carbonyl (C=O) groups is 1. The monoisotopic (exact) mass is 444 g/mol. The maximum atomic E-state index is 13.3. The van der Waals surface area contributed by atoms with Crippen molar-refractivity contribution in [1.29, 1.82) is 0 Å². The number of fused-ring (bicyclic) bond motifs is 1. The van der Waals surface area contributed by atoms with Crippen molar-refractivity contribution in [3.05, 3.63) is 92.1 Å². The molecule has 0 spiro atoms. The molecule has 1 N–H and O–H groups in total. The molecule has 0 radical (unpaired) electrons. The van der Waals surface area contributed by atoms with E-state index in [0.717, 1.165) is 11.1 Å². The first-order valence-electron chi connectivity index (χ1n) is 8.79. The van der Waals surface area contributed by atoms with Crippen molar-refractivity contribution in [2.75, 3.05) is 9.62 Å². The number of thiophene rings is 1. The van der Waals surface area contributed by atoms with E-state index >= 15 is 0 Å². The summed E-state index contributed by atoms with van der Waals surface area (Å²) >= 11 is 7.17. The minimum Gasteiger partial charge on any atom is -0.360 e. The van der Waals surface area contributed by atoms with Crippen LogP contribution >= 0.6 is 22.9 Å². The second-order valence-electron chi connectivity index (χ2n) is 6.62. The topological polar surface area (TPSA) is 66.5 Å². The number of hydrogen-bond donors (Lipinski definition) is 1. The molecule has 0 fully saturated rings. The van der Waals surface area contributed by atoms with Crippen LogP contribution in [-0.2, 0) is 16.6 Å². The van der Waals surface area contributed by atoms with E-state index in [2.05, 4.69) is 5.32 Å². The van der Waals surface area contributed by atoms with Gasteiger partial charge in [0.2, 0.25) is 5.78 Å². The maximum absolute atomic E-state index is 13.3. The van der Waals surface area contributed by atoms with Crippen molar-refractivity contribution in [3.63, 3.8) is 0 Å². The second-order valence-corrected chi connectivity index (χ2v) is 9.81. The van der Waals surface area contributed by atoms with E-state index in [1.807, 2.05) is 31.2 Å². The number of halogens is 1. The van der Waals surface area contributed by atoms with Gasteiger partial charge in [0.1, 0.15) is 4.88 Å². The summed E-state index contributed by atoms with van der Waals surface area (Å²) < 4.78 is 27.9. The number of nitrogens with one attached hydrogen (secondary N) is 1. The highest BCUT2D eigenvalue weighted by Gasteiger charge is 2.41. The van der Waals surface area contributed by atoms with E-state index in [1.165, 1.54) is 21.8 Å². The molecule has 3 aromatic rings. The highest BCUT2D eigenvalue weighted by Crippen LogP contribution is 2.39. The Morgan fingerprint density at radius 1 is 1.14 bits per heavy atom. The number of carbonyl (C=O) groups excluding carboxylic acids is 1. The smallest absolute Gasteiger partial charge is 0.270 e. The van der Waals surface area contributed by atoms with Crippen LogP contribution in [0.4, 0.5) is 11.4 Å². The van der Waals surface area contributed by atoms with Gasteiger partial charge in [0.25, 0.3) is 10.0 Å². The highest BCUT2D eigenvalue weighted by molar-refractivity contribution is 7.97. The predicted octanol–water partition coefficient (Wildman–Crippen LogP) is 5.20. The van der Waals surface area contributed by atoms with Crippen LogP contribution in [0.5, 0.6) is 0 Å². The maximum Gasteiger partial charge on any atom is 0.270 e. The summed E-state index contributed by atoms with van der Waals surface area (Å²) in [5, 5.41) is 5.25. The Balaban J connectivity index is 1.74. The molecule has 0 unspecified atom stereocenters. The fourth-order valence-electron chi connectivity index (χ4n) is 3.10. The zero-order valence-electron chi connectivity index (χ0n) is 15.4. The van der Waals surface area contributed by atoms with E-state index < -0.39 is 15.8 Å². The zero-order chi connectivity index (χ0) is 20.6. The Morgan fingerprint density at radius 3 is 2.62 bits per heavy atom. The van der Waals surface area contributed by atoms with Crippen molar-refractivity contribution in [2.24, 2.45) is 0 Å². The van der Waals surface area contributed by atoms with Crippen LogP contribution in [0.2, 0.25) is 5.02 Å².